The Morgan fingerprint density at radius 1 is 0.675 bits per heavy atom. The molecular weight excluding hydrogens is 565 g/mol. The van der Waals surface area contributed by atoms with Gasteiger partial charge in [0.15, 0.2) is 42.9 Å². The van der Waals surface area contributed by atoms with Gasteiger partial charge in [0.1, 0.15) is 11.6 Å². The normalized spacial score (nSPS) is 11.3. The van der Waals surface area contributed by atoms with Crippen LogP contribution in [0.2, 0.25) is 0 Å². The van der Waals surface area contributed by atoms with Crippen molar-refractivity contribution in [2.24, 2.45) is 0 Å². The Balaban J connectivity index is 0.000000252. The van der Waals surface area contributed by atoms with Crippen LogP contribution in [0.3, 0.4) is 0 Å². The molecule has 40 heavy (non-hydrogen) atoms. The largest absolute Gasteiger partial charge is 0.515 e. The van der Waals surface area contributed by atoms with E-state index in [9.17, 15) is 43.9 Å². The van der Waals surface area contributed by atoms with Gasteiger partial charge >= 0.3 is 6.98 Å². The molecule has 0 radical (unpaired) electrons. The molecule has 0 heterocycles. The van der Waals surface area contributed by atoms with Gasteiger partial charge in [-0.1, -0.05) is 40.6 Å². The third kappa shape index (κ3) is 6.46. The SMILES string of the molecule is Fc1c(F)c(F)c([B-](F)(F)F)c(F)c1F.N#Cc1ccc(C(=O)C[S+](=O)(c2ccccc2)c2ccccc2)cc1. The van der Waals surface area contributed by atoms with Crippen molar-refractivity contribution in [1.82, 2.24) is 0 Å². The van der Waals surface area contributed by atoms with Gasteiger partial charge in [0.05, 0.1) is 11.6 Å². The van der Waals surface area contributed by atoms with E-state index in [1.54, 1.807) is 48.5 Å². The predicted molar refractivity (Wildman–Crippen MR) is 133 cm³/mol. The summed E-state index contributed by atoms with van der Waals surface area (Å²) < 4.78 is 111. The number of nitrogens with zero attached hydrogens (tertiary/aromatic N) is 1. The molecule has 0 aliphatic rings. The number of Topliss-reactive ketones (excluding diaryl/α,β-unsaturated/α-hetero) is 1. The first-order chi connectivity index (χ1) is 18.8. The highest BCUT2D eigenvalue weighted by atomic mass is 32.2. The van der Waals surface area contributed by atoms with Crippen LogP contribution in [0.15, 0.2) is 94.7 Å². The van der Waals surface area contributed by atoms with E-state index in [0.717, 1.165) is 0 Å². The topological polar surface area (TPSA) is 57.9 Å². The fourth-order valence-corrected chi connectivity index (χ4v) is 5.83. The van der Waals surface area contributed by atoms with Crippen molar-refractivity contribution in [3.8, 4) is 6.07 Å². The third-order valence-electron chi connectivity index (χ3n) is 5.49. The van der Waals surface area contributed by atoms with Crippen LogP contribution in [0.4, 0.5) is 34.9 Å². The van der Waals surface area contributed by atoms with Crippen molar-refractivity contribution in [3.05, 3.63) is 125 Å². The zero-order valence-electron chi connectivity index (χ0n) is 20.1. The van der Waals surface area contributed by atoms with Gasteiger partial charge in [-0.05, 0) is 54.0 Å². The van der Waals surface area contributed by atoms with Gasteiger partial charge in [-0.15, -0.1) is 0 Å². The van der Waals surface area contributed by atoms with Gasteiger partial charge in [0, 0.05) is 5.56 Å². The second-order valence-electron chi connectivity index (χ2n) is 8.12. The average Bonchev–Trinajstić information content (AvgIpc) is 2.95. The van der Waals surface area contributed by atoms with E-state index in [1.807, 2.05) is 42.5 Å². The Morgan fingerprint density at radius 3 is 1.45 bits per heavy atom. The lowest BCUT2D eigenvalue weighted by Crippen LogP contribution is -2.41. The minimum absolute atomic E-state index is 0.104. The molecule has 0 aliphatic carbocycles. The van der Waals surface area contributed by atoms with E-state index in [1.165, 1.54) is 0 Å². The maximum Gasteiger partial charge on any atom is 0.515 e. The van der Waals surface area contributed by atoms with Crippen LogP contribution in [0.25, 0.3) is 0 Å². The van der Waals surface area contributed by atoms with Gasteiger partial charge < -0.3 is 12.9 Å². The Morgan fingerprint density at radius 2 is 1.07 bits per heavy atom. The van der Waals surface area contributed by atoms with Crippen LogP contribution in [0.1, 0.15) is 15.9 Å². The molecule has 0 N–H and O–H groups in total. The summed E-state index contributed by atoms with van der Waals surface area (Å²) in [6, 6.07) is 26.6. The first-order valence-electron chi connectivity index (χ1n) is 11.2. The highest BCUT2D eigenvalue weighted by Gasteiger charge is 2.38. The van der Waals surface area contributed by atoms with Crippen LogP contribution in [0.5, 0.6) is 0 Å². The van der Waals surface area contributed by atoms with Crippen molar-refractivity contribution in [2.45, 2.75) is 9.79 Å². The minimum atomic E-state index is -6.30. The minimum Gasteiger partial charge on any atom is -0.445 e. The average molecular weight is 581 g/mol. The van der Waals surface area contributed by atoms with Crippen molar-refractivity contribution in [1.29, 1.82) is 5.26 Å². The maximum atomic E-state index is 13.8. The number of halogens is 8. The zero-order chi connectivity index (χ0) is 29.7. The number of rotatable bonds is 6. The van der Waals surface area contributed by atoms with Crippen molar-refractivity contribution in [2.75, 3.05) is 5.75 Å². The third-order valence-corrected chi connectivity index (χ3v) is 8.23. The number of carbonyl (C=O) groups excluding carboxylic acids is 1. The van der Waals surface area contributed by atoms with Crippen molar-refractivity contribution < 1.29 is 43.9 Å². The van der Waals surface area contributed by atoms with E-state index >= 15 is 0 Å². The first kappa shape index (κ1) is 30.2. The lowest BCUT2D eigenvalue weighted by molar-refractivity contribution is 0.102. The smallest absolute Gasteiger partial charge is 0.445 e. The van der Waals surface area contributed by atoms with Gasteiger partial charge in [0.25, 0.3) is 0 Å². The van der Waals surface area contributed by atoms with Crippen LogP contribution in [-0.4, -0.2) is 18.5 Å². The van der Waals surface area contributed by atoms with Gasteiger partial charge in [0.2, 0.25) is 5.78 Å². The van der Waals surface area contributed by atoms with E-state index < -0.39 is 51.5 Å². The van der Waals surface area contributed by atoms with Gasteiger partial charge in [-0.25, -0.2) is 22.0 Å². The summed E-state index contributed by atoms with van der Waals surface area (Å²) in [4.78, 5) is 14.0. The Labute approximate surface area is 224 Å². The number of benzene rings is 4. The molecule has 0 spiro atoms. The van der Waals surface area contributed by atoms with Crippen LogP contribution in [-0.2, 0) is 14.1 Å². The summed E-state index contributed by atoms with van der Waals surface area (Å²) in [6.45, 7) is -6.30. The van der Waals surface area contributed by atoms with Gasteiger partial charge in [-0.3, -0.25) is 4.79 Å². The summed E-state index contributed by atoms with van der Waals surface area (Å²) in [6.07, 6.45) is 0. The Kier molecular flexibility index (Phi) is 9.26. The van der Waals surface area contributed by atoms with E-state index in [2.05, 4.69) is 0 Å². The quantitative estimate of drug-likeness (QED) is 0.0629. The second-order valence-corrected chi connectivity index (χ2v) is 10.7. The van der Waals surface area contributed by atoms with Crippen molar-refractivity contribution >= 4 is 28.2 Å². The molecule has 206 valence electrons. The Hall–Kier alpha value is -4.31. The van der Waals surface area contributed by atoms with Crippen LogP contribution in [0, 0.1) is 40.4 Å². The number of carbonyl (C=O) groups is 1. The summed E-state index contributed by atoms with van der Waals surface area (Å²) in [7, 11) is -2.72. The molecule has 0 bridgehead atoms. The molecule has 0 atom stereocenters. The molecule has 4 aromatic carbocycles. The lowest BCUT2D eigenvalue weighted by atomic mass is 9.79. The molecular formula is C27H16BF8NO2S. The molecule has 0 saturated heterocycles. The monoisotopic (exact) mass is 581 g/mol. The number of hydrogen-bond donors (Lipinski definition) is 0. The van der Waals surface area contributed by atoms with Gasteiger partial charge in [-0.2, -0.15) is 5.26 Å². The highest BCUT2D eigenvalue weighted by molar-refractivity contribution is 8.03. The molecule has 0 unspecified atom stereocenters. The summed E-state index contributed by atoms with van der Waals surface area (Å²) in [5.74, 6) is -13.9. The standard InChI is InChI=1S/C21H16NO2S.C6BF8/c22-15-17-11-13-18(14-12-17)21(23)16-25(24,19-7-3-1-4-8-19)20-9-5-2-6-10-20;8-2-1(7(13,14)15)3(9)5(11)6(12)4(2)10/h1-14H,16H2;/q+1;-1. The molecule has 13 heteroatoms. The van der Waals surface area contributed by atoms with E-state index in [4.69, 9.17) is 5.26 Å². The molecule has 0 aromatic heterocycles. The molecule has 0 fully saturated rings. The van der Waals surface area contributed by atoms with Crippen LogP contribution >= 0.6 is 0 Å². The fraction of sp³-hybridized carbons (Fsp3) is 0.0370. The summed E-state index contributed by atoms with van der Waals surface area (Å²) in [5, 5.41) is 8.87. The number of hydrogen-bond acceptors (Lipinski definition) is 3. The van der Waals surface area contributed by atoms with E-state index in [-0.39, 0.29) is 11.5 Å². The second kappa shape index (κ2) is 12.3. The molecule has 3 nitrogen and oxygen atoms in total. The molecule has 4 aromatic rings. The molecule has 0 amide bonds. The molecule has 0 aliphatic heterocycles. The Bertz CT molecular complexity index is 1530. The zero-order valence-corrected chi connectivity index (χ0v) is 20.9. The van der Waals surface area contributed by atoms with Crippen molar-refractivity contribution in [3.63, 3.8) is 0 Å². The lowest BCUT2D eigenvalue weighted by Gasteiger charge is -2.17. The maximum absolute atomic E-state index is 13.8. The van der Waals surface area contributed by atoms with E-state index in [0.29, 0.717) is 20.9 Å². The predicted octanol–water partition coefficient (Wildman–Crippen LogP) is 6.80. The van der Waals surface area contributed by atoms with Crippen LogP contribution < -0.4 is 5.46 Å². The molecule has 4 rings (SSSR count). The highest BCUT2D eigenvalue weighted by Crippen LogP contribution is 2.30. The summed E-state index contributed by atoms with van der Waals surface area (Å²) >= 11 is 0. The fourth-order valence-electron chi connectivity index (χ4n) is 3.49. The number of ketones is 1. The first-order valence-corrected chi connectivity index (χ1v) is 12.9. The molecule has 0 saturated carbocycles. The summed E-state index contributed by atoms with van der Waals surface area (Å²) in [5.41, 5.74) is -1.78. The number of nitriles is 1.